The first-order valence-corrected chi connectivity index (χ1v) is 7.36. The van der Waals surface area contributed by atoms with Gasteiger partial charge in [-0.15, -0.1) is 0 Å². The van der Waals surface area contributed by atoms with Crippen molar-refractivity contribution in [2.24, 2.45) is 0 Å². The predicted octanol–water partition coefficient (Wildman–Crippen LogP) is 3.73. The maximum Gasteiger partial charge on any atom is 0.582 e. The van der Waals surface area contributed by atoms with E-state index in [-0.39, 0.29) is 0 Å². The average Bonchev–Trinajstić information content (AvgIpc) is 2.02. The zero-order valence-corrected chi connectivity index (χ0v) is 9.37. The largest absolute Gasteiger partial charge is 0.582 e. The summed E-state index contributed by atoms with van der Waals surface area (Å²) in [6, 6.07) is 0. The van der Waals surface area contributed by atoms with Gasteiger partial charge in [0.25, 0.3) is 0 Å². The molecule has 4 heteroatoms. The number of hydrogen-bond acceptors (Lipinski definition) is 2. The summed E-state index contributed by atoms with van der Waals surface area (Å²) in [5, 5.41) is 0. The smallest absolute Gasteiger partial charge is 0.151 e. The van der Waals surface area contributed by atoms with Crippen LogP contribution in [0.15, 0.2) is 0 Å². The molecule has 0 aliphatic rings. The molecular formula is C8H18O2PS+. The minimum absolute atomic E-state index is 0.831. The second kappa shape index (κ2) is 9.50. The molecule has 0 aromatic rings. The maximum absolute atomic E-state index is 10.2. The number of unbranched alkanes of at least 4 members (excludes halogenated alkanes) is 5. The summed E-state index contributed by atoms with van der Waals surface area (Å²) in [6.45, 7) is 2.20. The molecule has 0 saturated heterocycles. The molecule has 0 bridgehead atoms. The lowest BCUT2D eigenvalue weighted by Crippen LogP contribution is -1.80. The van der Waals surface area contributed by atoms with E-state index in [0.29, 0.717) is 0 Å². The van der Waals surface area contributed by atoms with Gasteiger partial charge in [-0.05, 0) is 11.0 Å². The van der Waals surface area contributed by atoms with Crippen molar-refractivity contribution in [1.29, 1.82) is 0 Å². The molecule has 0 aromatic carbocycles. The Kier molecular flexibility index (Phi) is 9.82. The molecule has 0 amide bonds. The Balaban J connectivity index is 2.86. The molecule has 0 radical (unpaired) electrons. The van der Waals surface area contributed by atoms with E-state index in [1.54, 1.807) is 0 Å². The normalized spacial score (nSPS) is 11.7. The van der Waals surface area contributed by atoms with Crippen LogP contribution in [0.4, 0.5) is 0 Å². The van der Waals surface area contributed by atoms with Crippen LogP contribution in [-0.4, -0.2) is 10.6 Å². The van der Waals surface area contributed by atoms with E-state index < -0.39 is 7.23 Å². The van der Waals surface area contributed by atoms with Gasteiger partial charge in [0.2, 0.25) is 0 Å². The van der Waals surface area contributed by atoms with Crippen LogP contribution in [0.25, 0.3) is 0 Å². The molecular weight excluding hydrogens is 191 g/mol. The molecule has 0 spiro atoms. The zero-order chi connectivity index (χ0) is 9.23. The fourth-order valence-electron chi connectivity index (χ4n) is 1.03. The first-order chi connectivity index (χ1) is 5.77. The van der Waals surface area contributed by atoms with Crippen molar-refractivity contribution in [1.82, 2.24) is 0 Å². The van der Waals surface area contributed by atoms with E-state index in [9.17, 15) is 4.57 Å². The van der Waals surface area contributed by atoms with Crippen LogP contribution in [-0.2, 0) is 4.57 Å². The third-order valence-corrected chi connectivity index (χ3v) is 3.60. The molecule has 0 aliphatic carbocycles. The van der Waals surface area contributed by atoms with Gasteiger partial charge < -0.3 is 0 Å². The van der Waals surface area contributed by atoms with Gasteiger partial charge in [0, 0.05) is 5.75 Å². The number of hydrogen-bond donors (Lipinski definition) is 1. The van der Waals surface area contributed by atoms with Gasteiger partial charge in [0.15, 0.2) is 11.4 Å². The average molecular weight is 209 g/mol. The van der Waals surface area contributed by atoms with E-state index in [1.807, 2.05) is 0 Å². The maximum atomic E-state index is 10.2. The minimum atomic E-state index is -1.96. The summed E-state index contributed by atoms with van der Waals surface area (Å²) in [4.78, 5) is 8.47. The fraction of sp³-hybridized carbons (Fsp3) is 1.00. The molecule has 1 atom stereocenters. The Hall–Kier alpha value is 0.410. The molecule has 12 heavy (non-hydrogen) atoms. The Labute approximate surface area is 79.8 Å². The number of rotatable bonds is 8. The Morgan fingerprint density at radius 3 is 2.33 bits per heavy atom. The van der Waals surface area contributed by atoms with Gasteiger partial charge in [-0.25, -0.2) is 0 Å². The van der Waals surface area contributed by atoms with Crippen LogP contribution in [0.3, 0.4) is 0 Å². The van der Waals surface area contributed by atoms with Crippen molar-refractivity contribution >= 4 is 18.6 Å². The molecule has 1 unspecified atom stereocenters. The van der Waals surface area contributed by atoms with Crippen molar-refractivity contribution in [2.45, 2.75) is 45.4 Å². The summed E-state index contributed by atoms with van der Waals surface area (Å²) in [5.41, 5.74) is 0. The van der Waals surface area contributed by atoms with Gasteiger partial charge in [-0.1, -0.05) is 39.0 Å². The molecule has 0 rings (SSSR count). The molecule has 0 fully saturated rings. The summed E-state index contributed by atoms with van der Waals surface area (Å²) >= 11 is 1.16. The lowest BCUT2D eigenvalue weighted by atomic mass is 10.1. The van der Waals surface area contributed by atoms with Crippen molar-refractivity contribution in [3.05, 3.63) is 0 Å². The van der Waals surface area contributed by atoms with Crippen LogP contribution in [0.1, 0.15) is 45.4 Å². The van der Waals surface area contributed by atoms with Gasteiger partial charge in [-0.3, -0.25) is 0 Å². The molecule has 0 heterocycles. The van der Waals surface area contributed by atoms with E-state index in [1.165, 1.54) is 32.1 Å². The first-order valence-electron chi connectivity index (χ1n) is 4.56. The van der Waals surface area contributed by atoms with Gasteiger partial charge in [-0.2, -0.15) is 4.89 Å². The van der Waals surface area contributed by atoms with Crippen LogP contribution < -0.4 is 0 Å². The van der Waals surface area contributed by atoms with Gasteiger partial charge in [0.05, 0.1) is 0 Å². The van der Waals surface area contributed by atoms with Crippen LogP contribution in [0.2, 0.25) is 0 Å². The van der Waals surface area contributed by atoms with Crippen molar-refractivity contribution in [3.8, 4) is 0 Å². The van der Waals surface area contributed by atoms with Crippen molar-refractivity contribution < 1.29 is 9.46 Å². The first kappa shape index (κ1) is 12.4. The molecule has 2 nitrogen and oxygen atoms in total. The van der Waals surface area contributed by atoms with E-state index in [4.69, 9.17) is 4.89 Å². The van der Waals surface area contributed by atoms with Crippen LogP contribution in [0.5, 0.6) is 0 Å². The SMILES string of the molecule is CCCCCCCCS[P+](=O)O. The summed E-state index contributed by atoms with van der Waals surface area (Å²) in [7, 11) is -1.96. The quantitative estimate of drug-likeness (QED) is 0.489. The van der Waals surface area contributed by atoms with E-state index in [0.717, 1.165) is 23.6 Å². The Morgan fingerprint density at radius 1 is 1.17 bits per heavy atom. The fourth-order valence-corrected chi connectivity index (χ4v) is 2.37. The summed E-state index contributed by atoms with van der Waals surface area (Å²) < 4.78 is 10.2. The summed E-state index contributed by atoms with van der Waals surface area (Å²) in [5.74, 6) is 0.831. The van der Waals surface area contributed by atoms with Gasteiger partial charge >= 0.3 is 7.23 Å². The highest BCUT2D eigenvalue weighted by molar-refractivity contribution is 8.50. The minimum Gasteiger partial charge on any atom is -0.151 e. The van der Waals surface area contributed by atoms with Crippen LogP contribution in [0, 0.1) is 0 Å². The second-order valence-electron chi connectivity index (χ2n) is 2.84. The molecule has 1 N–H and O–H groups in total. The Bertz CT molecular complexity index is 120. The molecule has 0 aromatic heterocycles. The van der Waals surface area contributed by atoms with Gasteiger partial charge in [0.1, 0.15) is 0 Å². The highest BCUT2D eigenvalue weighted by Crippen LogP contribution is 2.33. The highest BCUT2D eigenvalue weighted by Gasteiger charge is 2.10. The van der Waals surface area contributed by atoms with Crippen LogP contribution >= 0.6 is 18.6 Å². The zero-order valence-electron chi connectivity index (χ0n) is 7.66. The van der Waals surface area contributed by atoms with E-state index in [2.05, 4.69) is 6.92 Å². The highest BCUT2D eigenvalue weighted by atomic mass is 32.7. The Morgan fingerprint density at radius 2 is 1.75 bits per heavy atom. The van der Waals surface area contributed by atoms with Crippen molar-refractivity contribution in [2.75, 3.05) is 5.75 Å². The van der Waals surface area contributed by atoms with E-state index >= 15 is 0 Å². The lowest BCUT2D eigenvalue weighted by Gasteiger charge is -1.95. The third-order valence-electron chi connectivity index (χ3n) is 1.70. The monoisotopic (exact) mass is 209 g/mol. The molecule has 0 aliphatic heterocycles. The topological polar surface area (TPSA) is 37.3 Å². The molecule has 0 saturated carbocycles. The van der Waals surface area contributed by atoms with Crippen molar-refractivity contribution in [3.63, 3.8) is 0 Å². The molecule has 72 valence electrons. The third kappa shape index (κ3) is 10.4. The summed E-state index contributed by atoms with van der Waals surface area (Å²) in [6.07, 6.45) is 7.47. The lowest BCUT2D eigenvalue weighted by molar-refractivity contribution is 0.519. The standard InChI is InChI=1S/C8H17O2PS/c1-2-3-4-5-6-7-8-12-11(9)10/h2-8H2,1H3/p+1. The predicted molar refractivity (Wildman–Crippen MR) is 55.7 cm³/mol. The second-order valence-corrected chi connectivity index (χ2v) is 5.69.